The lowest BCUT2D eigenvalue weighted by Crippen LogP contribution is -2.43. The van der Waals surface area contributed by atoms with Gasteiger partial charge in [-0.1, -0.05) is 32.1 Å². The molecule has 2 rings (SSSR count). The summed E-state index contributed by atoms with van der Waals surface area (Å²) in [6.45, 7) is 0.870. The molecule has 0 atom stereocenters. The molecule has 0 bridgehead atoms. The first-order chi connectivity index (χ1) is 8.18. The molecule has 0 aromatic carbocycles. The second-order valence-corrected chi connectivity index (χ2v) is 6.05. The summed E-state index contributed by atoms with van der Waals surface area (Å²) in [7, 11) is 0. The lowest BCUT2D eigenvalue weighted by atomic mass is 9.89. The van der Waals surface area contributed by atoms with Crippen LogP contribution in [0.15, 0.2) is 0 Å². The Hall–Kier alpha value is -0.570. The first-order valence-electron chi connectivity index (χ1n) is 7.24. The molecule has 3 heteroatoms. The van der Waals surface area contributed by atoms with Crippen LogP contribution in [0.4, 0.5) is 0 Å². The van der Waals surface area contributed by atoms with E-state index in [0.29, 0.717) is 12.3 Å². The molecule has 17 heavy (non-hydrogen) atoms. The van der Waals surface area contributed by atoms with E-state index in [1.54, 1.807) is 0 Å². The van der Waals surface area contributed by atoms with Gasteiger partial charge in [-0.25, -0.2) is 0 Å². The predicted octanol–water partition coefficient (Wildman–Crippen LogP) is 2.34. The lowest BCUT2D eigenvalue weighted by molar-refractivity contribution is -0.122. The monoisotopic (exact) mass is 238 g/mol. The summed E-state index contributed by atoms with van der Waals surface area (Å²) in [5.41, 5.74) is 6.01. The predicted molar refractivity (Wildman–Crippen MR) is 69.6 cm³/mol. The van der Waals surface area contributed by atoms with E-state index in [1.807, 2.05) is 0 Å². The van der Waals surface area contributed by atoms with Crippen molar-refractivity contribution in [3.63, 3.8) is 0 Å². The fraction of sp³-hybridized carbons (Fsp3) is 0.929. The fourth-order valence-corrected chi connectivity index (χ4v) is 3.29. The van der Waals surface area contributed by atoms with Crippen LogP contribution in [0.3, 0.4) is 0 Å². The number of hydrogen-bond acceptors (Lipinski definition) is 2. The number of rotatable bonds is 4. The lowest BCUT2D eigenvalue weighted by Gasteiger charge is -2.25. The Balaban J connectivity index is 1.66. The molecule has 0 heterocycles. The van der Waals surface area contributed by atoms with Crippen LogP contribution in [0.25, 0.3) is 0 Å². The van der Waals surface area contributed by atoms with Gasteiger partial charge in [-0.2, -0.15) is 0 Å². The minimum absolute atomic E-state index is 0.167. The summed E-state index contributed by atoms with van der Waals surface area (Å²) in [6, 6.07) is 0. The first kappa shape index (κ1) is 12.9. The van der Waals surface area contributed by atoms with Crippen molar-refractivity contribution in [2.24, 2.45) is 11.7 Å². The first-order valence-corrected chi connectivity index (χ1v) is 7.24. The van der Waals surface area contributed by atoms with Crippen molar-refractivity contribution in [1.82, 2.24) is 5.32 Å². The minimum Gasteiger partial charge on any atom is -0.356 e. The molecule has 0 aromatic heterocycles. The molecule has 98 valence electrons. The van der Waals surface area contributed by atoms with Crippen LogP contribution in [-0.4, -0.2) is 18.0 Å². The molecule has 0 aromatic rings. The van der Waals surface area contributed by atoms with Gasteiger partial charge in [0.1, 0.15) is 0 Å². The zero-order valence-electron chi connectivity index (χ0n) is 10.8. The molecule has 2 aliphatic carbocycles. The standard InChI is InChI=1S/C14H26N2O/c15-14(8-4-5-9-14)10-13(17)16-11-12-6-2-1-3-7-12/h12H,1-11,15H2,(H,16,17). The Labute approximate surface area is 105 Å². The molecule has 0 aliphatic heterocycles. The number of hydrogen-bond donors (Lipinski definition) is 2. The van der Waals surface area contributed by atoms with Crippen molar-refractivity contribution in [2.75, 3.05) is 6.54 Å². The van der Waals surface area contributed by atoms with Gasteiger partial charge in [0.15, 0.2) is 0 Å². The molecule has 3 N–H and O–H groups in total. The maximum atomic E-state index is 11.9. The van der Waals surface area contributed by atoms with Crippen molar-refractivity contribution >= 4 is 5.91 Å². The van der Waals surface area contributed by atoms with Crippen LogP contribution >= 0.6 is 0 Å². The van der Waals surface area contributed by atoms with Gasteiger partial charge in [0.2, 0.25) is 5.91 Å². The van der Waals surface area contributed by atoms with Gasteiger partial charge in [0, 0.05) is 18.5 Å². The molecule has 2 saturated carbocycles. The maximum Gasteiger partial charge on any atom is 0.221 e. The summed E-state index contributed by atoms with van der Waals surface area (Å²) >= 11 is 0. The third-order valence-electron chi connectivity index (χ3n) is 4.42. The Kier molecular flexibility index (Phi) is 4.43. The Morgan fingerprint density at radius 3 is 2.41 bits per heavy atom. The second kappa shape index (κ2) is 5.85. The molecule has 0 radical (unpaired) electrons. The summed E-state index contributed by atoms with van der Waals surface area (Å²) in [5.74, 6) is 0.880. The molecule has 0 saturated heterocycles. The topological polar surface area (TPSA) is 55.1 Å². The molecule has 3 nitrogen and oxygen atoms in total. The number of carbonyl (C=O) groups excluding carboxylic acids is 1. The molecule has 2 aliphatic rings. The molecule has 0 spiro atoms. The highest BCUT2D eigenvalue weighted by Crippen LogP contribution is 2.30. The second-order valence-electron chi connectivity index (χ2n) is 6.05. The summed E-state index contributed by atoms with van der Waals surface area (Å²) in [6.07, 6.45) is 11.5. The third kappa shape index (κ3) is 3.98. The van der Waals surface area contributed by atoms with Gasteiger partial charge in [0.25, 0.3) is 0 Å². The van der Waals surface area contributed by atoms with E-state index in [0.717, 1.165) is 19.4 Å². The van der Waals surface area contributed by atoms with E-state index in [2.05, 4.69) is 5.32 Å². The van der Waals surface area contributed by atoms with Crippen LogP contribution in [0.1, 0.15) is 64.2 Å². The zero-order valence-corrected chi connectivity index (χ0v) is 10.8. The van der Waals surface area contributed by atoms with Gasteiger partial charge in [-0.05, 0) is 31.6 Å². The number of nitrogens with one attached hydrogen (secondary N) is 1. The van der Waals surface area contributed by atoms with E-state index in [1.165, 1.54) is 44.9 Å². The number of carbonyl (C=O) groups is 1. The van der Waals surface area contributed by atoms with Crippen molar-refractivity contribution in [2.45, 2.75) is 69.7 Å². The SMILES string of the molecule is NC1(CC(=O)NCC2CCCCC2)CCCC1. The van der Waals surface area contributed by atoms with Crippen molar-refractivity contribution < 1.29 is 4.79 Å². The molecule has 2 fully saturated rings. The zero-order chi connectivity index (χ0) is 12.1. The summed E-state index contributed by atoms with van der Waals surface area (Å²) < 4.78 is 0. The average Bonchev–Trinajstić information content (AvgIpc) is 2.74. The van der Waals surface area contributed by atoms with Gasteiger partial charge < -0.3 is 11.1 Å². The van der Waals surface area contributed by atoms with Crippen molar-refractivity contribution in [3.05, 3.63) is 0 Å². The van der Waals surface area contributed by atoms with Gasteiger partial charge >= 0.3 is 0 Å². The molecular weight excluding hydrogens is 212 g/mol. The average molecular weight is 238 g/mol. The normalized spacial score (nSPS) is 24.8. The smallest absolute Gasteiger partial charge is 0.221 e. The number of nitrogens with two attached hydrogens (primary N) is 1. The Morgan fingerprint density at radius 2 is 1.76 bits per heavy atom. The van der Waals surface area contributed by atoms with Crippen LogP contribution in [0, 0.1) is 5.92 Å². The quantitative estimate of drug-likeness (QED) is 0.790. The van der Waals surface area contributed by atoms with E-state index in [-0.39, 0.29) is 11.4 Å². The largest absolute Gasteiger partial charge is 0.356 e. The van der Waals surface area contributed by atoms with Crippen molar-refractivity contribution in [3.8, 4) is 0 Å². The van der Waals surface area contributed by atoms with E-state index < -0.39 is 0 Å². The van der Waals surface area contributed by atoms with E-state index in [9.17, 15) is 4.79 Å². The van der Waals surface area contributed by atoms with Crippen LogP contribution < -0.4 is 11.1 Å². The third-order valence-corrected chi connectivity index (χ3v) is 4.42. The Bertz CT molecular complexity index is 253. The number of amides is 1. The highest BCUT2D eigenvalue weighted by Gasteiger charge is 2.31. The summed E-state index contributed by atoms with van der Waals surface area (Å²) in [5, 5.41) is 3.09. The molecule has 0 unspecified atom stereocenters. The van der Waals surface area contributed by atoms with E-state index >= 15 is 0 Å². The fourth-order valence-electron chi connectivity index (χ4n) is 3.29. The summed E-state index contributed by atoms with van der Waals surface area (Å²) in [4.78, 5) is 11.9. The minimum atomic E-state index is -0.198. The molecule has 1 amide bonds. The van der Waals surface area contributed by atoms with E-state index in [4.69, 9.17) is 5.73 Å². The highest BCUT2D eigenvalue weighted by molar-refractivity contribution is 5.77. The molecular formula is C14H26N2O. The van der Waals surface area contributed by atoms with Gasteiger partial charge in [0.05, 0.1) is 0 Å². The van der Waals surface area contributed by atoms with Crippen LogP contribution in [0.2, 0.25) is 0 Å². The van der Waals surface area contributed by atoms with Crippen LogP contribution in [-0.2, 0) is 4.79 Å². The van der Waals surface area contributed by atoms with Gasteiger partial charge in [-0.3, -0.25) is 4.79 Å². The van der Waals surface area contributed by atoms with Gasteiger partial charge in [-0.15, -0.1) is 0 Å². The Morgan fingerprint density at radius 1 is 1.12 bits per heavy atom. The van der Waals surface area contributed by atoms with Crippen molar-refractivity contribution in [1.29, 1.82) is 0 Å². The van der Waals surface area contributed by atoms with Crippen LogP contribution in [0.5, 0.6) is 0 Å². The highest BCUT2D eigenvalue weighted by atomic mass is 16.1. The maximum absolute atomic E-state index is 11.9.